The summed E-state index contributed by atoms with van der Waals surface area (Å²) in [6.07, 6.45) is 0.294. The van der Waals surface area contributed by atoms with E-state index >= 15 is 0 Å². The molecule has 1 fully saturated rings. The molecule has 1 aromatic carbocycles. The fraction of sp³-hybridized carbons (Fsp3) is 0.529. The van der Waals surface area contributed by atoms with Gasteiger partial charge in [0.05, 0.1) is 11.6 Å². The van der Waals surface area contributed by atoms with Crippen LogP contribution in [0.15, 0.2) is 22.7 Å². The molecule has 23 heavy (non-hydrogen) atoms. The summed E-state index contributed by atoms with van der Waals surface area (Å²) < 4.78 is 6.04. The number of benzene rings is 1. The first-order valence-electron chi connectivity index (χ1n) is 7.70. The Morgan fingerprint density at radius 2 is 2.04 bits per heavy atom. The van der Waals surface area contributed by atoms with Crippen LogP contribution in [0.2, 0.25) is 0 Å². The second-order valence-electron chi connectivity index (χ2n) is 6.87. The van der Waals surface area contributed by atoms with Gasteiger partial charge in [0.2, 0.25) is 0 Å². The van der Waals surface area contributed by atoms with E-state index in [-0.39, 0.29) is 11.9 Å². The SMILES string of the molecule is Cc1ccc(Br)c(C(=O)N2CCC(NC(=O)OC(C)(C)C)C2)c1. The van der Waals surface area contributed by atoms with Crippen molar-refractivity contribution in [3.8, 4) is 0 Å². The molecule has 2 rings (SSSR count). The standard InChI is InChI=1S/C17H23BrN2O3/c1-11-5-6-14(18)13(9-11)15(21)20-8-7-12(10-20)19-16(22)23-17(2,3)4/h5-6,9,12H,7-8,10H2,1-4H3,(H,19,22). The average Bonchev–Trinajstić information content (AvgIpc) is 2.87. The number of rotatable bonds is 2. The highest BCUT2D eigenvalue weighted by Gasteiger charge is 2.30. The van der Waals surface area contributed by atoms with Gasteiger partial charge in [-0.15, -0.1) is 0 Å². The van der Waals surface area contributed by atoms with Crippen molar-refractivity contribution in [2.24, 2.45) is 0 Å². The van der Waals surface area contributed by atoms with Crippen molar-refractivity contribution < 1.29 is 14.3 Å². The van der Waals surface area contributed by atoms with Crippen LogP contribution in [0.3, 0.4) is 0 Å². The van der Waals surface area contributed by atoms with Gasteiger partial charge in [0.15, 0.2) is 0 Å². The van der Waals surface area contributed by atoms with Gasteiger partial charge in [0.1, 0.15) is 5.60 Å². The summed E-state index contributed by atoms with van der Waals surface area (Å²) in [4.78, 5) is 26.2. The van der Waals surface area contributed by atoms with E-state index in [4.69, 9.17) is 4.74 Å². The molecule has 1 heterocycles. The van der Waals surface area contributed by atoms with Crippen LogP contribution in [0.4, 0.5) is 4.79 Å². The van der Waals surface area contributed by atoms with E-state index in [9.17, 15) is 9.59 Å². The van der Waals surface area contributed by atoms with Crippen molar-refractivity contribution in [3.63, 3.8) is 0 Å². The first-order valence-corrected chi connectivity index (χ1v) is 8.50. The van der Waals surface area contributed by atoms with Crippen molar-refractivity contribution in [3.05, 3.63) is 33.8 Å². The molecule has 0 bridgehead atoms. The Bertz CT molecular complexity index is 610. The molecule has 1 aliphatic heterocycles. The first kappa shape index (κ1) is 17.8. The maximum atomic E-state index is 12.6. The van der Waals surface area contributed by atoms with Gasteiger partial charge in [-0.1, -0.05) is 11.6 Å². The monoisotopic (exact) mass is 382 g/mol. The second-order valence-corrected chi connectivity index (χ2v) is 7.72. The molecule has 1 unspecified atom stereocenters. The molecule has 0 aliphatic carbocycles. The number of halogens is 1. The topological polar surface area (TPSA) is 58.6 Å². The van der Waals surface area contributed by atoms with Crippen molar-refractivity contribution >= 4 is 27.9 Å². The fourth-order valence-corrected chi connectivity index (χ4v) is 2.93. The molecule has 5 nitrogen and oxygen atoms in total. The molecular weight excluding hydrogens is 360 g/mol. The van der Waals surface area contributed by atoms with Gasteiger partial charge in [0.25, 0.3) is 5.91 Å². The third kappa shape index (κ3) is 4.96. The Kier molecular flexibility index (Phi) is 5.34. The summed E-state index contributed by atoms with van der Waals surface area (Å²) in [6, 6.07) is 5.64. The minimum Gasteiger partial charge on any atom is -0.444 e. The predicted octanol–water partition coefficient (Wildman–Crippen LogP) is 3.50. The lowest BCUT2D eigenvalue weighted by molar-refractivity contribution is 0.0502. The van der Waals surface area contributed by atoms with Gasteiger partial charge in [0, 0.05) is 17.6 Å². The van der Waals surface area contributed by atoms with Crippen LogP contribution in [-0.2, 0) is 4.74 Å². The van der Waals surface area contributed by atoms with Crippen LogP contribution in [0.25, 0.3) is 0 Å². The van der Waals surface area contributed by atoms with Crippen molar-refractivity contribution in [1.82, 2.24) is 10.2 Å². The van der Waals surface area contributed by atoms with E-state index < -0.39 is 11.7 Å². The van der Waals surface area contributed by atoms with Gasteiger partial charge in [-0.3, -0.25) is 4.79 Å². The molecule has 0 saturated carbocycles. The number of hydrogen-bond acceptors (Lipinski definition) is 3. The number of carbonyl (C=O) groups excluding carboxylic acids is 2. The highest BCUT2D eigenvalue weighted by atomic mass is 79.9. The maximum Gasteiger partial charge on any atom is 0.407 e. The zero-order valence-electron chi connectivity index (χ0n) is 14.0. The van der Waals surface area contributed by atoms with E-state index in [0.717, 1.165) is 16.5 Å². The number of nitrogens with zero attached hydrogens (tertiary/aromatic N) is 1. The molecule has 1 saturated heterocycles. The van der Waals surface area contributed by atoms with Crippen LogP contribution in [-0.4, -0.2) is 41.6 Å². The number of nitrogens with one attached hydrogen (secondary N) is 1. The van der Waals surface area contributed by atoms with Crippen LogP contribution in [0, 0.1) is 6.92 Å². The summed E-state index contributed by atoms with van der Waals surface area (Å²) in [5.41, 5.74) is 1.17. The molecular formula is C17H23BrN2O3. The minimum absolute atomic E-state index is 0.0194. The zero-order chi connectivity index (χ0) is 17.2. The summed E-state index contributed by atoms with van der Waals surface area (Å²) >= 11 is 3.43. The van der Waals surface area contributed by atoms with E-state index in [0.29, 0.717) is 18.7 Å². The Morgan fingerprint density at radius 1 is 1.35 bits per heavy atom. The highest BCUT2D eigenvalue weighted by molar-refractivity contribution is 9.10. The van der Waals surface area contributed by atoms with Crippen molar-refractivity contribution in [1.29, 1.82) is 0 Å². The predicted molar refractivity (Wildman–Crippen MR) is 92.6 cm³/mol. The third-order valence-corrected chi connectivity index (χ3v) is 4.24. The first-order chi connectivity index (χ1) is 10.7. The Labute approximate surface area is 145 Å². The molecule has 0 aromatic heterocycles. The summed E-state index contributed by atoms with van der Waals surface area (Å²) in [5.74, 6) is -0.0194. The minimum atomic E-state index is -0.523. The Hall–Kier alpha value is -1.56. The van der Waals surface area contributed by atoms with Crippen molar-refractivity contribution in [2.45, 2.75) is 45.8 Å². The molecule has 0 spiro atoms. The molecule has 6 heteroatoms. The largest absolute Gasteiger partial charge is 0.444 e. The molecule has 0 radical (unpaired) electrons. The Balaban J connectivity index is 1.96. The summed E-state index contributed by atoms with van der Waals surface area (Å²) in [6.45, 7) is 8.56. The molecule has 1 atom stereocenters. The lowest BCUT2D eigenvalue weighted by atomic mass is 10.1. The Morgan fingerprint density at radius 3 is 2.70 bits per heavy atom. The molecule has 1 aliphatic rings. The van der Waals surface area contributed by atoms with Crippen LogP contribution >= 0.6 is 15.9 Å². The van der Waals surface area contributed by atoms with Crippen LogP contribution in [0.1, 0.15) is 43.1 Å². The smallest absolute Gasteiger partial charge is 0.407 e. The molecule has 1 aromatic rings. The van der Waals surface area contributed by atoms with Crippen LogP contribution < -0.4 is 5.32 Å². The van der Waals surface area contributed by atoms with Gasteiger partial charge in [-0.2, -0.15) is 0 Å². The van der Waals surface area contributed by atoms with Crippen LogP contribution in [0.5, 0.6) is 0 Å². The normalized spacial score (nSPS) is 18.0. The molecule has 2 amide bonds. The number of ether oxygens (including phenoxy) is 1. The highest BCUT2D eigenvalue weighted by Crippen LogP contribution is 2.22. The molecule has 126 valence electrons. The van der Waals surface area contributed by atoms with Gasteiger partial charge < -0.3 is 15.0 Å². The van der Waals surface area contributed by atoms with E-state index in [1.54, 1.807) is 4.90 Å². The van der Waals surface area contributed by atoms with Gasteiger partial charge in [-0.25, -0.2) is 4.79 Å². The number of hydrogen-bond donors (Lipinski definition) is 1. The van der Waals surface area contributed by atoms with Gasteiger partial charge >= 0.3 is 6.09 Å². The molecule has 1 N–H and O–H groups in total. The summed E-state index contributed by atoms with van der Waals surface area (Å²) in [7, 11) is 0. The van der Waals surface area contributed by atoms with E-state index in [1.807, 2.05) is 45.9 Å². The second kappa shape index (κ2) is 6.91. The summed E-state index contributed by atoms with van der Waals surface area (Å²) in [5, 5.41) is 2.83. The maximum absolute atomic E-state index is 12.6. The number of likely N-dealkylation sites (tertiary alicyclic amines) is 1. The quantitative estimate of drug-likeness (QED) is 0.851. The zero-order valence-corrected chi connectivity index (χ0v) is 15.6. The average molecular weight is 383 g/mol. The van der Waals surface area contributed by atoms with Gasteiger partial charge in [-0.05, 0) is 62.2 Å². The fourth-order valence-electron chi connectivity index (χ4n) is 2.51. The lowest BCUT2D eigenvalue weighted by Gasteiger charge is -2.22. The number of alkyl carbamates (subject to hydrolysis) is 1. The number of amides is 2. The lowest BCUT2D eigenvalue weighted by Crippen LogP contribution is -2.41. The number of aryl methyl sites for hydroxylation is 1. The van der Waals surface area contributed by atoms with E-state index in [1.165, 1.54) is 0 Å². The third-order valence-electron chi connectivity index (χ3n) is 3.55. The van der Waals surface area contributed by atoms with Crippen molar-refractivity contribution in [2.75, 3.05) is 13.1 Å². The number of carbonyl (C=O) groups is 2. The van der Waals surface area contributed by atoms with E-state index in [2.05, 4.69) is 21.2 Å².